The Morgan fingerprint density at radius 3 is 2.94 bits per heavy atom. The van der Waals surface area contributed by atoms with Crippen LogP contribution >= 0.6 is 11.6 Å². The molecule has 0 saturated carbocycles. The molecular weight excluding hydrogens is 415 g/mol. The molecule has 0 amide bonds. The van der Waals surface area contributed by atoms with Crippen molar-refractivity contribution in [3.63, 3.8) is 0 Å². The Balaban J connectivity index is 1.43. The highest BCUT2D eigenvalue weighted by Gasteiger charge is 2.14. The summed E-state index contributed by atoms with van der Waals surface area (Å²) in [5, 5.41) is 10.6. The standard InChI is InChI=1S/C23H22ClFN6/c24-20-11-28-23(27-10-18-9-26-13-29-18)8-19(20)16-4-5-21-22(7-16)31(14-30-21)12-15-2-1-3-17(25)6-15/h1-8,11,14,18,26,29H,9-10,12-13H2,(H,27,28). The molecule has 1 saturated heterocycles. The van der Waals surface area contributed by atoms with Gasteiger partial charge in [0.25, 0.3) is 0 Å². The highest BCUT2D eigenvalue weighted by Crippen LogP contribution is 2.31. The Bertz CT molecular complexity index is 1220. The van der Waals surface area contributed by atoms with Gasteiger partial charge < -0.3 is 15.2 Å². The molecule has 0 radical (unpaired) electrons. The molecule has 4 aromatic rings. The molecule has 1 aliphatic heterocycles. The summed E-state index contributed by atoms with van der Waals surface area (Å²) in [5.74, 6) is 0.538. The fourth-order valence-electron chi connectivity index (χ4n) is 3.85. The minimum absolute atomic E-state index is 0.241. The largest absolute Gasteiger partial charge is 0.368 e. The van der Waals surface area contributed by atoms with Crippen LogP contribution in [0.5, 0.6) is 0 Å². The van der Waals surface area contributed by atoms with Gasteiger partial charge in [0.2, 0.25) is 0 Å². The first kappa shape index (κ1) is 19.9. The third kappa shape index (κ3) is 4.39. The fraction of sp³-hybridized carbons (Fsp3) is 0.217. The van der Waals surface area contributed by atoms with Gasteiger partial charge in [0, 0.05) is 44.1 Å². The number of benzene rings is 2. The smallest absolute Gasteiger partial charge is 0.126 e. The van der Waals surface area contributed by atoms with Gasteiger partial charge in [-0.15, -0.1) is 0 Å². The predicted molar refractivity (Wildman–Crippen MR) is 122 cm³/mol. The van der Waals surface area contributed by atoms with Gasteiger partial charge in [-0.1, -0.05) is 29.8 Å². The van der Waals surface area contributed by atoms with Crippen LogP contribution in [0.15, 0.2) is 61.1 Å². The van der Waals surface area contributed by atoms with Crippen LogP contribution in [0.4, 0.5) is 10.2 Å². The Morgan fingerprint density at radius 1 is 1.16 bits per heavy atom. The maximum atomic E-state index is 13.6. The molecule has 3 heterocycles. The molecule has 2 aromatic carbocycles. The minimum Gasteiger partial charge on any atom is -0.368 e. The number of fused-ring (bicyclic) bond motifs is 1. The number of nitrogens with zero attached hydrogens (tertiary/aromatic N) is 3. The van der Waals surface area contributed by atoms with Gasteiger partial charge in [0.05, 0.1) is 22.4 Å². The van der Waals surface area contributed by atoms with E-state index in [9.17, 15) is 4.39 Å². The van der Waals surface area contributed by atoms with Crippen LogP contribution < -0.4 is 16.0 Å². The van der Waals surface area contributed by atoms with E-state index >= 15 is 0 Å². The highest BCUT2D eigenvalue weighted by atomic mass is 35.5. The quantitative estimate of drug-likeness (QED) is 0.428. The van der Waals surface area contributed by atoms with Crippen molar-refractivity contribution in [2.45, 2.75) is 12.6 Å². The van der Waals surface area contributed by atoms with E-state index < -0.39 is 0 Å². The number of hydrogen-bond acceptors (Lipinski definition) is 5. The summed E-state index contributed by atoms with van der Waals surface area (Å²) in [4.78, 5) is 8.90. The van der Waals surface area contributed by atoms with Crippen LogP contribution in [0.2, 0.25) is 5.02 Å². The first-order chi connectivity index (χ1) is 15.2. The summed E-state index contributed by atoms with van der Waals surface area (Å²) in [7, 11) is 0. The number of halogens is 2. The van der Waals surface area contributed by atoms with Gasteiger partial charge in [-0.05, 0) is 41.5 Å². The van der Waals surface area contributed by atoms with E-state index in [0.717, 1.165) is 53.3 Å². The van der Waals surface area contributed by atoms with Crippen molar-refractivity contribution in [3.8, 4) is 11.1 Å². The fourth-order valence-corrected chi connectivity index (χ4v) is 4.06. The second kappa shape index (κ2) is 8.63. The van der Waals surface area contributed by atoms with Gasteiger partial charge >= 0.3 is 0 Å². The number of rotatable bonds is 6. The predicted octanol–water partition coefficient (Wildman–Crippen LogP) is 3.87. The van der Waals surface area contributed by atoms with Crippen molar-refractivity contribution in [2.24, 2.45) is 0 Å². The topological polar surface area (TPSA) is 66.8 Å². The van der Waals surface area contributed by atoms with Crippen LogP contribution in [0.25, 0.3) is 22.2 Å². The highest BCUT2D eigenvalue weighted by molar-refractivity contribution is 6.33. The summed E-state index contributed by atoms with van der Waals surface area (Å²) < 4.78 is 15.6. The van der Waals surface area contributed by atoms with E-state index in [4.69, 9.17) is 11.6 Å². The van der Waals surface area contributed by atoms with Crippen LogP contribution in [-0.2, 0) is 6.54 Å². The molecule has 6 nitrogen and oxygen atoms in total. The van der Waals surface area contributed by atoms with Gasteiger partial charge in [-0.3, -0.25) is 5.32 Å². The van der Waals surface area contributed by atoms with E-state index in [1.54, 1.807) is 24.7 Å². The van der Waals surface area contributed by atoms with Gasteiger partial charge in [0.15, 0.2) is 0 Å². The second-order valence-corrected chi connectivity index (χ2v) is 8.08. The Hall–Kier alpha value is -3.00. The maximum absolute atomic E-state index is 13.6. The third-order valence-electron chi connectivity index (χ3n) is 5.47. The molecule has 5 rings (SSSR count). The van der Waals surface area contributed by atoms with Gasteiger partial charge in [-0.2, -0.15) is 0 Å². The first-order valence-corrected chi connectivity index (χ1v) is 10.6. The van der Waals surface area contributed by atoms with E-state index in [1.165, 1.54) is 6.07 Å². The number of pyridine rings is 1. The minimum atomic E-state index is -0.241. The van der Waals surface area contributed by atoms with E-state index in [2.05, 4.69) is 32.0 Å². The molecule has 8 heteroatoms. The number of aromatic nitrogens is 3. The average molecular weight is 437 g/mol. The van der Waals surface area contributed by atoms with Crippen molar-refractivity contribution in [1.82, 2.24) is 25.2 Å². The van der Waals surface area contributed by atoms with Crippen LogP contribution in [0.3, 0.4) is 0 Å². The summed E-state index contributed by atoms with van der Waals surface area (Å²) in [6, 6.07) is 15.0. The van der Waals surface area contributed by atoms with E-state index in [0.29, 0.717) is 17.6 Å². The van der Waals surface area contributed by atoms with E-state index in [1.807, 2.05) is 28.8 Å². The number of hydrogen-bond donors (Lipinski definition) is 3. The van der Waals surface area contributed by atoms with Gasteiger partial charge in [0.1, 0.15) is 11.6 Å². The van der Waals surface area contributed by atoms with Crippen molar-refractivity contribution < 1.29 is 4.39 Å². The molecule has 0 bridgehead atoms. The van der Waals surface area contributed by atoms with Crippen LogP contribution in [-0.4, -0.2) is 40.3 Å². The molecule has 2 aromatic heterocycles. The maximum Gasteiger partial charge on any atom is 0.126 e. The molecule has 158 valence electrons. The van der Waals surface area contributed by atoms with Crippen molar-refractivity contribution in [2.75, 3.05) is 25.1 Å². The van der Waals surface area contributed by atoms with E-state index in [-0.39, 0.29) is 5.82 Å². The van der Waals surface area contributed by atoms with Crippen molar-refractivity contribution in [1.29, 1.82) is 0 Å². The molecule has 1 fully saturated rings. The zero-order valence-corrected chi connectivity index (χ0v) is 17.5. The van der Waals surface area contributed by atoms with Crippen LogP contribution in [0, 0.1) is 5.82 Å². The van der Waals surface area contributed by atoms with Gasteiger partial charge in [-0.25, -0.2) is 14.4 Å². The summed E-state index contributed by atoms with van der Waals surface area (Å²) in [5.41, 5.74) is 4.60. The SMILES string of the molecule is Fc1cccc(Cn2cnc3ccc(-c4cc(NCC5CNCN5)ncc4Cl)cc32)c1. The lowest BCUT2D eigenvalue weighted by atomic mass is 10.1. The lowest BCUT2D eigenvalue weighted by Gasteiger charge is -2.13. The third-order valence-corrected chi connectivity index (χ3v) is 5.77. The monoisotopic (exact) mass is 436 g/mol. The number of anilines is 1. The Morgan fingerprint density at radius 2 is 2.10 bits per heavy atom. The lowest BCUT2D eigenvalue weighted by molar-refractivity contribution is 0.624. The summed E-state index contributed by atoms with van der Waals surface area (Å²) in [6.45, 7) is 3.08. The molecule has 31 heavy (non-hydrogen) atoms. The molecule has 3 N–H and O–H groups in total. The summed E-state index contributed by atoms with van der Waals surface area (Å²) in [6.07, 6.45) is 3.46. The second-order valence-electron chi connectivity index (χ2n) is 7.67. The molecule has 0 spiro atoms. The van der Waals surface area contributed by atoms with Crippen molar-refractivity contribution in [3.05, 3.63) is 77.5 Å². The normalized spacial score (nSPS) is 16.1. The molecule has 0 aliphatic carbocycles. The lowest BCUT2D eigenvalue weighted by Crippen LogP contribution is -2.31. The molecular formula is C23H22ClFN6. The zero-order valence-electron chi connectivity index (χ0n) is 16.8. The van der Waals surface area contributed by atoms with Crippen LogP contribution in [0.1, 0.15) is 5.56 Å². The molecule has 1 aliphatic rings. The van der Waals surface area contributed by atoms with Crippen molar-refractivity contribution >= 4 is 28.5 Å². The zero-order chi connectivity index (χ0) is 21.2. The first-order valence-electron chi connectivity index (χ1n) is 10.2. The number of nitrogens with one attached hydrogen (secondary N) is 3. The average Bonchev–Trinajstić information content (AvgIpc) is 3.43. The Kier molecular flexibility index (Phi) is 5.55. The molecule has 1 atom stereocenters. The summed E-state index contributed by atoms with van der Waals surface area (Å²) >= 11 is 6.49. The Labute approximate surface area is 184 Å². The molecule has 1 unspecified atom stereocenters. The number of imidazole rings is 1.